The van der Waals surface area contributed by atoms with Crippen LogP contribution in [0.2, 0.25) is 0 Å². The van der Waals surface area contributed by atoms with Gasteiger partial charge in [0.2, 0.25) is 5.91 Å². The number of nitrogens with zero attached hydrogens (tertiary/aromatic N) is 1. The van der Waals surface area contributed by atoms with Crippen LogP contribution >= 0.6 is 11.8 Å². The Morgan fingerprint density at radius 1 is 1.21 bits per heavy atom. The van der Waals surface area contributed by atoms with E-state index in [0.717, 1.165) is 4.90 Å². The van der Waals surface area contributed by atoms with Crippen molar-refractivity contribution in [2.75, 3.05) is 18.1 Å². The van der Waals surface area contributed by atoms with Gasteiger partial charge in [-0.25, -0.2) is 4.39 Å². The molecule has 1 unspecified atom stereocenters. The average Bonchev–Trinajstić information content (AvgIpc) is 2.58. The highest BCUT2D eigenvalue weighted by molar-refractivity contribution is 8.00. The zero-order valence-electron chi connectivity index (χ0n) is 13.1. The molecule has 0 aromatic heterocycles. The van der Waals surface area contributed by atoms with E-state index in [9.17, 15) is 14.0 Å². The highest BCUT2D eigenvalue weighted by atomic mass is 32.2. The van der Waals surface area contributed by atoms with Crippen molar-refractivity contribution in [1.82, 2.24) is 0 Å². The molecule has 1 atom stereocenters. The Morgan fingerprint density at radius 3 is 2.67 bits per heavy atom. The van der Waals surface area contributed by atoms with Crippen LogP contribution in [-0.4, -0.2) is 25.0 Å². The van der Waals surface area contributed by atoms with Gasteiger partial charge in [-0.3, -0.25) is 14.5 Å². The number of ether oxygens (including phenoxy) is 1. The molecular weight excluding hydrogens is 329 g/mol. The van der Waals surface area contributed by atoms with E-state index in [1.54, 1.807) is 37.3 Å². The molecule has 124 valence electrons. The summed E-state index contributed by atoms with van der Waals surface area (Å²) in [7, 11) is 0. The summed E-state index contributed by atoms with van der Waals surface area (Å²) in [5.74, 6) is -1.24. The molecule has 3 rings (SSSR count). The lowest BCUT2D eigenvalue weighted by molar-refractivity contribution is -0.142. The predicted molar refractivity (Wildman–Crippen MR) is 90.4 cm³/mol. The molecule has 1 heterocycles. The van der Waals surface area contributed by atoms with E-state index in [1.165, 1.54) is 22.7 Å². The first-order chi connectivity index (χ1) is 11.6. The van der Waals surface area contributed by atoms with Crippen molar-refractivity contribution in [2.24, 2.45) is 0 Å². The fourth-order valence-electron chi connectivity index (χ4n) is 2.60. The molecule has 1 aliphatic heterocycles. The second-order valence-electron chi connectivity index (χ2n) is 5.22. The van der Waals surface area contributed by atoms with Gasteiger partial charge in [0.1, 0.15) is 17.6 Å². The molecule has 4 nitrogen and oxygen atoms in total. The van der Waals surface area contributed by atoms with Gasteiger partial charge < -0.3 is 4.74 Å². The SMILES string of the molecule is CCOC(=O)CN1C(=O)C(c2ccccc2F)Sc2ccccc21. The molecular formula is C18H16FNO3S. The quantitative estimate of drug-likeness (QED) is 0.795. The summed E-state index contributed by atoms with van der Waals surface area (Å²) in [6, 6.07) is 13.5. The normalized spacial score (nSPS) is 16.7. The third-order valence-corrected chi connectivity index (χ3v) is 4.96. The van der Waals surface area contributed by atoms with E-state index in [4.69, 9.17) is 4.74 Å². The number of carbonyl (C=O) groups is 2. The van der Waals surface area contributed by atoms with Crippen LogP contribution < -0.4 is 4.90 Å². The first-order valence-corrected chi connectivity index (χ1v) is 8.47. The van der Waals surface area contributed by atoms with Crippen molar-refractivity contribution in [3.63, 3.8) is 0 Å². The molecule has 0 saturated heterocycles. The third-order valence-electron chi connectivity index (χ3n) is 3.67. The molecule has 0 saturated carbocycles. The lowest BCUT2D eigenvalue weighted by atomic mass is 10.1. The molecule has 0 radical (unpaired) electrons. The highest BCUT2D eigenvalue weighted by Gasteiger charge is 2.36. The first kappa shape index (κ1) is 16.5. The molecule has 0 aliphatic carbocycles. The topological polar surface area (TPSA) is 46.6 Å². The minimum Gasteiger partial charge on any atom is -0.465 e. The van der Waals surface area contributed by atoms with Gasteiger partial charge >= 0.3 is 5.97 Å². The van der Waals surface area contributed by atoms with Crippen LogP contribution in [0.25, 0.3) is 0 Å². The number of halogens is 1. The van der Waals surface area contributed by atoms with E-state index >= 15 is 0 Å². The van der Waals surface area contributed by atoms with Gasteiger partial charge in [-0.15, -0.1) is 11.8 Å². The van der Waals surface area contributed by atoms with Crippen molar-refractivity contribution in [1.29, 1.82) is 0 Å². The smallest absolute Gasteiger partial charge is 0.326 e. The second-order valence-corrected chi connectivity index (χ2v) is 6.36. The number of hydrogen-bond acceptors (Lipinski definition) is 4. The molecule has 2 aromatic carbocycles. The number of esters is 1. The zero-order chi connectivity index (χ0) is 17.1. The number of anilines is 1. The predicted octanol–water partition coefficient (Wildman–Crippen LogP) is 3.57. The Balaban J connectivity index is 2.00. The van der Waals surface area contributed by atoms with Gasteiger partial charge in [0, 0.05) is 10.5 Å². The summed E-state index contributed by atoms with van der Waals surface area (Å²) >= 11 is 1.29. The van der Waals surface area contributed by atoms with Crippen molar-refractivity contribution in [3.8, 4) is 0 Å². The lowest BCUT2D eigenvalue weighted by Crippen LogP contribution is -2.41. The van der Waals surface area contributed by atoms with E-state index in [0.29, 0.717) is 11.3 Å². The molecule has 0 bridgehead atoms. The largest absolute Gasteiger partial charge is 0.465 e. The van der Waals surface area contributed by atoms with Crippen LogP contribution in [0.5, 0.6) is 0 Å². The summed E-state index contributed by atoms with van der Waals surface area (Å²) in [5.41, 5.74) is 0.962. The molecule has 1 amide bonds. The molecule has 0 spiro atoms. The number of para-hydroxylation sites is 1. The minimum absolute atomic E-state index is 0.185. The van der Waals surface area contributed by atoms with Crippen LogP contribution in [0.15, 0.2) is 53.4 Å². The van der Waals surface area contributed by atoms with Crippen LogP contribution in [0, 0.1) is 5.82 Å². The monoisotopic (exact) mass is 345 g/mol. The number of hydrogen-bond donors (Lipinski definition) is 0. The second kappa shape index (κ2) is 7.05. The van der Waals surface area contributed by atoms with E-state index in [-0.39, 0.29) is 19.1 Å². The summed E-state index contributed by atoms with van der Waals surface area (Å²) in [4.78, 5) is 27.0. The summed E-state index contributed by atoms with van der Waals surface area (Å²) in [6.07, 6.45) is 0. The molecule has 2 aromatic rings. The number of amides is 1. The number of benzene rings is 2. The van der Waals surface area contributed by atoms with Gasteiger partial charge in [-0.2, -0.15) is 0 Å². The number of thioether (sulfide) groups is 1. The van der Waals surface area contributed by atoms with Crippen molar-refractivity contribution >= 4 is 29.3 Å². The van der Waals surface area contributed by atoms with Crippen LogP contribution in [0.1, 0.15) is 17.7 Å². The van der Waals surface area contributed by atoms with Crippen molar-refractivity contribution in [2.45, 2.75) is 17.1 Å². The van der Waals surface area contributed by atoms with E-state index in [2.05, 4.69) is 0 Å². The molecule has 24 heavy (non-hydrogen) atoms. The molecule has 0 N–H and O–H groups in total. The Bertz CT molecular complexity index is 780. The maximum absolute atomic E-state index is 14.2. The fraction of sp³-hybridized carbons (Fsp3) is 0.222. The number of fused-ring (bicyclic) bond motifs is 1. The minimum atomic E-state index is -0.726. The molecule has 1 aliphatic rings. The Labute approximate surface area is 143 Å². The summed E-state index contributed by atoms with van der Waals surface area (Å²) < 4.78 is 19.1. The molecule has 0 fully saturated rings. The highest BCUT2D eigenvalue weighted by Crippen LogP contribution is 2.46. The van der Waals surface area contributed by atoms with Gasteiger partial charge in [-0.1, -0.05) is 30.3 Å². The van der Waals surface area contributed by atoms with Crippen LogP contribution in [0.4, 0.5) is 10.1 Å². The van der Waals surface area contributed by atoms with Gasteiger partial charge in [0.25, 0.3) is 0 Å². The third kappa shape index (κ3) is 3.14. The van der Waals surface area contributed by atoms with Gasteiger partial charge in [0.15, 0.2) is 0 Å². The maximum atomic E-state index is 14.2. The summed E-state index contributed by atoms with van der Waals surface area (Å²) in [5, 5.41) is -0.726. The van der Waals surface area contributed by atoms with Crippen LogP contribution in [0.3, 0.4) is 0 Å². The zero-order valence-corrected chi connectivity index (χ0v) is 13.9. The summed E-state index contributed by atoms with van der Waals surface area (Å²) in [6.45, 7) is 1.77. The first-order valence-electron chi connectivity index (χ1n) is 7.59. The number of carbonyl (C=O) groups excluding carboxylic acids is 2. The average molecular weight is 345 g/mol. The van der Waals surface area contributed by atoms with Crippen LogP contribution in [-0.2, 0) is 14.3 Å². The van der Waals surface area contributed by atoms with Gasteiger partial charge in [0.05, 0.1) is 12.3 Å². The Hall–Kier alpha value is -2.34. The Morgan fingerprint density at radius 2 is 1.92 bits per heavy atom. The van der Waals surface area contributed by atoms with Crippen molar-refractivity contribution < 1.29 is 18.7 Å². The lowest BCUT2D eigenvalue weighted by Gasteiger charge is -2.33. The maximum Gasteiger partial charge on any atom is 0.326 e. The van der Waals surface area contributed by atoms with E-state index in [1.807, 2.05) is 12.1 Å². The van der Waals surface area contributed by atoms with E-state index < -0.39 is 17.0 Å². The molecule has 6 heteroatoms. The van der Waals surface area contributed by atoms with Gasteiger partial charge in [-0.05, 0) is 25.1 Å². The van der Waals surface area contributed by atoms with Crippen molar-refractivity contribution in [3.05, 3.63) is 59.9 Å². The standard InChI is InChI=1S/C18H16FNO3S/c1-2-23-16(21)11-20-14-9-5-6-10-15(14)24-17(18(20)22)12-7-3-4-8-13(12)19/h3-10,17H,2,11H2,1H3. The fourth-order valence-corrected chi connectivity index (χ4v) is 3.86. The number of rotatable bonds is 4. The Kier molecular flexibility index (Phi) is 4.85.